The Morgan fingerprint density at radius 1 is 1.32 bits per heavy atom. The van der Waals surface area contributed by atoms with E-state index in [9.17, 15) is 14.9 Å². The van der Waals surface area contributed by atoms with E-state index in [2.05, 4.69) is 5.32 Å². The van der Waals surface area contributed by atoms with E-state index >= 15 is 0 Å². The number of nitriles is 1. The van der Waals surface area contributed by atoms with Crippen LogP contribution in [0.15, 0.2) is 28.7 Å². The van der Waals surface area contributed by atoms with E-state index in [1.807, 2.05) is 6.07 Å². The highest BCUT2D eigenvalue weighted by Crippen LogP contribution is 2.33. The Morgan fingerprint density at radius 3 is 2.68 bits per heavy atom. The first-order chi connectivity index (χ1) is 13.2. The second kappa shape index (κ2) is 7.46. The van der Waals surface area contributed by atoms with E-state index in [4.69, 9.17) is 21.4 Å². The van der Waals surface area contributed by atoms with Crippen molar-refractivity contribution in [1.82, 2.24) is 4.90 Å². The van der Waals surface area contributed by atoms with Crippen molar-refractivity contribution < 1.29 is 14.0 Å². The molecule has 3 aromatic rings. The molecule has 0 aliphatic heterocycles. The first-order valence-electron chi connectivity index (χ1n) is 8.07. The summed E-state index contributed by atoms with van der Waals surface area (Å²) in [6.45, 7) is 1.66. The number of halogens is 1. The molecule has 2 heterocycles. The van der Waals surface area contributed by atoms with E-state index in [0.29, 0.717) is 26.4 Å². The minimum Gasteiger partial charge on any atom is -0.438 e. The summed E-state index contributed by atoms with van der Waals surface area (Å²) >= 11 is 7.00. The number of carbonyl (C=O) groups is 2. The van der Waals surface area contributed by atoms with E-state index in [-0.39, 0.29) is 27.6 Å². The number of fused-ring (bicyclic) bond motifs is 1. The molecule has 0 atom stereocenters. The molecule has 0 spiro atoms. The third kappa shape index (κ3) is 3.50. The van der Waals surface area contributed by atoms with Crippen molar-refractivity contribution in [1.29, 1.82) is 10.7 Å². The molecule has 2 N–H and O–H groups in total. The second-order valence-electron chi connectivity index (χ2n) is 6.20. The zero-order chi connectivity index (χ0) is 20.6. The number of thiophene rings is 1. The fourth-order valence-electron chi connectivity index (χ4n) is 2.59. The molecule has 28 heavy (non-hydrogen) atoms. The zero-order valence-electron chi connectivity index (χ0n) is 15.2. The van der Waals surface area contributed by atoms with Crippen LogP contribution < -0.4 is 10.9 Å². The van der Waals surface area contributed by atoms with Gasteiger partial charge in [-0.2, -0.15) is 5.26 Å². The quantitative estimate of drug-likeness (QED) is 0.679. The lowest BCUT2D eigenvalue weighted by Crippen LogP contribution is -2.21. The summed E-state index contributed by atoms with van der Waals surface area (Å²) in [5.74, 6) is -0.867. The normalized spacial score (nSPS) is 10.5. The molecule has 2 amide bonds. The average molecular weight is 415 g/mol. The van der Waals surface area contributed by atoms with Gasteiger partial charge in [0.25, 0.3) is 11.8 Å². The Labute approximate surface area is 169 Å². The average Bonchev–Trinajstić information content (AvgIpc) is 2.95. The third-order valence-electron chi connectivity index (χ3n) is 4.06. The lowest BCUT2D eigenvalue weighted by atomic mass is 10.1. The van der Waals surface area contributed by atoms with Crippen molar-refractivity contribution in [3.63, 3.8) is 0 Å². The molecule has 0 saturated heterocycles. The van der Waals surface area contributed by atoms with Gasteiger partial charge in [-0.3, -0.25) is 15.0 Å². The highest BCUT2D eigenvalue weighted by molar-refractivity contribution is 7.18. The molecule has 0 aliphatic rings. The fourth-order valence-corrected chi connectivity index (χ4v) is 3.95. The van der Waals surface area contributed by atoms with Crippen molar-refractivity contribution in [2.45, 2.75) is 6.92 Å². The van der Waals surface area contributed by atoms with Crippen LogP contribution in [-0.2, 0) is 0 Å². The molecule has 0 fully saturated rings. The van der Waals surface area contributed by atoms with Crippen LogP contribution in [0.5, 0.6) is 0 Å². The number of carbonyl (C=O) groups excluding carboxylic acids is 2. The summed E-state index contributed by atoms with van der Waals surface area (Å²) in [6, 6.07) is 8.40. The van der Waals surface area contributed by atoms with Crippen LogP contribution in [0.3, 0.4) is 0 Å². The Hall–Kier alpha value is -3.15. The SMILES string of the molecule is Cc1c(C(=O)N(C)C)sc(NC(=O)c2cc3cc(Cl)ccc3oc2=N)c1C#N. The first kappa shape index (κ1) is 19.6. The van der Waals surface area contributed by atoms with Gasteiger partial charge in [0, 0.05) is 24.5 Å². The maximum Gasteiger partial charge on any atom is 0.263 e. The Kier molecular flexibility index (Phi) is 5.23. The van der Waals surface area contributed by atoms with Crippen molar-refractivity contribution in [2.24, 2.45) is 0 Å². The molecular formula is C19H15ClN4O3S. The molecule has 3 rings (SSSR count). The van der Waals surface area contributed by atoms with Crippen molar-refractivity contribution >= 4 is 50.7 Å². The number of amides is 2. The monoisotopic (exact) mass is 414 g/mol. The van der Waals surface area contributed by atoms with Crippen molar-refractivity contribution in [3.8, 4) is 6.07 Å². The first-order valence-corrected chi connectivity index (χ1v) is 9.27. The molecule has 0 radical (unpaired) electrons. The summed E-state index contributed by atoms with van der Waals surface area (Å²) in [7, 11) is 3.22. The molecule has 7 nitrogen and oxygen atoms in total. The number of anilines is 1. The van der Waals surface area contributed by atoms with Crippen LogP contribution in [0.1, 0.15) is 31.2 Å². The van der Waals surface area contributed by atoms with E-state index in [0.717, 1.165) is 11.3 Å². The molecule has 9 heteroatoms. The van der Waals surface area contributed by atoms with E-state index in [1.54, 1.807) is 39.2 Å². The summed E-state index contributed by atoms with van der Waals surface area (Å²) in [5.41, 5.74) is 0.821. The summed E-state index contributed by atoms with van der Waals surface area (Å²) in [6.07, 6.45) is 0. The van der Waals surface area contributed by atoms with Crippen molar-refractivity contribution in [2.75, 3.05) is 19.4 Å². The van der Waals surface area contributed by atoms with Gasteiger partial charge < -0.3 is 14.6 Å². The van der Waals surface area contributed by atoms with Gasteiger partial charge in [-0.05, 0) is 36.8 Å². The zero-order valence-corrected chi connectivity index (χ0v) is 16.8. The van der Waals surface area contributed by atoms with Gasteiger partial charge in [-0.1, -0.05) is 11.6 Å². The highest BCUT2D eigenvalue weighted by Gasteiger charge is 2.23. The Bertz CT molecular complexity index is 1220. The van der Waals surface area contributed by atoms with Gasteiger partial charge >= 0.3 is 0 Å². The van der Waals surface area contributed by atoms with Gasteiger partial charge in [0.15, 0.2) is 0 Å². The Morgan fingerprint density at radius 2 is 2.04 bits per heavy atom. The number of nitrogens with one attached hydrogen (secondary N) is 2. The predicted octanol–water partition coefficient (Wildman–Crippen LogP) is 3.76. The largest absolute Gasteiger partial charge is 0.438 e. The summed E-state index contributed by atoms with van der Waals surface area (Å²) < 4.78 is 5.39. The standard InChI is InChI=1S/C19H15ClN4O3S/c1-9-13(8-21)18(28-15(9)19(26)24(2)3)23-17(25)12-7-10-6-11(20)4-5-14(10)27-16(12)22/h4-7,22H,1-3H3,(H,23,25). The molecule has 0 aliphatic carbocycles. The van der Waals surface area contributed by atoms with Gasteiger partial charge in [-0.25, -0.2) is 0 Å². The third-order valence-corrected chi connectivity index (χ3v) is 5.49. The minimum atomic E-state index is -0.614. The molecular weight excluding hydrogens is 400 g/mol. The molecule has 142 valence electrons. The predicted molar refractivity (Wildman–Crippen MR) is 107 cm³/mol. The van der Waals surface area contributed by atoms with Gasteiger partial charge in [0.2, 0.25) is 5.55 Å². The van der Waals surface area contributed by atoms with Crippen molar-refractivity contribution in [3.05, 3.63) is 56.4 Å². The summed E-state index contributed by atoms with van der Waals surface area (Å²) in [4.78, 5) is 26.8. The van der Waals surface area contributed by atoms with Crippen LogP contribution in [0.4, 0.5) is 5.00 Å². The van der Waals surface area contributed by atoms with Crippen LogP contribution in [-0.4, -0.2) is 30.8 Å². The number of nitrogens with zero attached hydrogens (tertiary/aromatic N) is 2. The van der Waals surface area contributed by atoms with Crippen LogP contribution in [0.2, 0.25) is 5.02 Å². The number of hydrogen-bond acceptors (Lipinski definition) is 6. The topological polar surface area (TPSA) is 110 Å². The van der Waals surface area contributed by atoms with Gasteiger partial charge in [0.1, 0.15) is 22.2 Å². The second-order valence-corrected chi connectivity index (χ2v) is 7.65. The lowest BCUT2D eigenvalue weighted by molar-refractivity contribution is 0.0831. The summed E-state index contributed by atoms with van der Waals surface area (Å²) in [5, 5.41) is 21.4. The molecule has 0 bridgehead atoms. The Balaban J connectivity index is 2.02. The van der Waals surface area contributed by atoms with E-state index < -0.39 is 5.91 Å². The molecule has 1 aromatic carbocycles. The number of rotatable bonds is 3. The number of benzene rings is 1. The van der Waals surface area contributed by atoms with Crippen LogP contribution >= 0.6 is 22.9 Å². The molecule has 2 aromatic heterocycles. The smallest absolute Gasteiger partial charge is 0.263 e. The molecule has 0 saturated carbocycles. The maximum absolute atomic E-state index is 12.7. The number of hydrogen-bond donors (Lipinski definition) is 2. The maximum atomic E-state index is 12.7. The van der Waals surface area contributed by atoms with Gasteiger partial charge in [0.05, 0.1) is 10.4 Å². The lowest BCUT2D eigenvalue weighted by Gasteiger charge is -2.08. The minimum absolute atomic E-state index is 0.00908. The molecule has 0 unspecified atom stereocenters. The van der Waals surface area contributed by atoms with Crippen LogP contribution in [0, 0.1) is 23.7 Å². The van der Waals surface area contributed by atoms with Gasteiger partial charge in [-0.15, -0.1) is 11.3 Å². The van der Waals surface area contributed by atoms with E-state index in [1.165, 1.54) is 11.0 Å². The highest BCUT2D eigenvalue weighted by atomic mass is 35.5. The van der Waals surface area contributed by atoms with Crippen LogP contribution in [0.25, 0.3) is 11.0 Å². The fraction of sp³-hybridized carbons (Fsp3) is 0.158.